The van der Waals surface area contributed by atoms with E-state index in [9.17, 15) is 18.0 Å². The highest BCUT2D eigenvalue weighted by atomic mass is 32.2. The molecule has 0 unspecified atom stereocenters. The third-order valence-corrected chi connectivity index (χ3v) is 6.07. The number of rotatable bonds is 8. The summed E-state index contributed by atoms with van der Waals surface area (Å²) in [6.45, 7) is 1.24. The maximum atomic E-state index is 12.4. The second-order valence-corrected chi connectivity index (χ2v) is 8.73. The number of esters is 1. The number of carbonyl (C=O) groups is 2. The molecule has 0 aliphatic carbocycles. The van der Waals surface area contributed by atoms with Crippen LogP contribution in [-0.4, -0.2) is 65.3 Å². The summed E-state index contributed by atoms with van der Waals surface area (Å²) in [4.78, 5) is 25.7. The molecule has 0 aromatic heterocycles. The summed E-state index contributed by atoms with van der Waals surface area (Å²) in [6, 6.07) is 6.82. The molecule has 1 aliphatic heterocycles. The van der Waals surface area contributed by atoms with Gasteiger partial charge in [0.05, 0.1) is 32.1 Å². The molecular formula is C19H28N2O6S. The van der Waals surface area contributed by atoms with Gasteiger partial charge in [-0.1, -0.05) is 6.07 Å². The molecule has 0 radical (unpaired) electrons. The van der Waals surface area contributed by atoms with Crippen LogP contribution in [-0.2, 0) is 24.3 Å². The lowest BCUT2D eigenvalue weighted by atomic mass is 9.97. The number of amides is 1. The number of piperidine rings is 1. The Morgan fingerprint density at radius 3 is 2.46 bits per heavy atom. The normalized spacial score (nSPS) is 15.2. The van der Waals surface area contributed by atoms with Gasteiger partial charge in [-0.15, -0.1) is 0 Å². The molecule has 1 heterocycles. The molecule has 1 aromatic carbocycles. The summed E-state index contributed by atoms with van der Waals surface area (Å²) < 4.78 is 35.6. The van der Waals surface area contributed by atoms with Gasteiger partial charge in [0.25, 0.3) is 0 Å². The van der Waals surface area contributed by atoms with Crippen molar-refractivity contribution in [2.24, 2.45) is 5.92 Å². The zero-order chi connectivity index (χ0) is 20.7. The van der Waals surface area contributed by atoms with Crippen LogP contribution in [0.2, 0.25) is 0 Å². The predicted molar refractivity (Wildman–Crippen MR) is 106 cm³/mol. The molecule has 1 fully saturated rings. The molecule has 1 amide bonds. The van der Waals surface area contributed by atoms with Crippen LogP contribution in [0.4, 0.5) is 5.69 Å². The Hall–Kier alpha value is -2.29. The highest BCUT2D eigenvalue weighted by Crippen LogP contribution is 2.24. The van der Waals surface area contributed by atoms with E-state index in [1.807, 2.05) is 0 Å². The topological polar surface area (TPSA) is 93.2 Å². The first-order chi connectivity index (χ1) is 13.3. The number of sulfonamides is 1. The van der Waals surface area contributed by atoms with E-state index in [0.717, 1.165) is 6.26 Å². The monoisotopic (exact) mass is 412 g/mol. The minimum Gasteiger partial charge on any atom is -0.497 e. The van der Waals surface area contributed by atoms with E-state index in [1.165, 1.54) is 18.5 Å². The summed E-state index contributed by atoms with van der Waals surface area (Å²) in [5.41, 5.74) is 0.508. The lowest BCUT2D eigenvalue weighted by Gasteiger charge is -2.31. The van der Waals surface area contributed by atoms with Gasteiger partial charge in [0.15, 0.2) is 0 Å². The maximum Gasteiger partial charge on any atom is 0.308 e. The van der Waals surface area contributed by atoms with Gasteiger partial charge in [0.1, 0.15) is 5.75 Å². The molecule has 0 atom stereocenters. The summed E-state index contributed by atoms with van der Waals surface area (Å²) in [6.07, 6.45) is 2.99. The van der Waals surface area contributed by atoms with Crippen LogP contribution in [0.3, 0.4) is 0 Å². The van der Waals surface area contributed by atoms with Crippen molar-refractivity contribution >= 4 is 27.6 Å². The fourth-order valence-electron chi connectivity index (χ4n) is 3.32. The average molecular weight is 413 g/mol. The molecular weight excluding hydrogens is 384 g/mol. The average Bonchev–Trinajstić information content (AvgIpc) is 2.69. The molecule has 1 saturated heterocycles. The number of methoxy groups -OCH3 is 2. The second kappa shape index (κ2) is 9.77. The highest BCUT2D eigenvalue weighted by molar-refractivity contribution is 7.92. The molecule has 0 N–H and O–H groups in total. The SMILES string of the molecule is COC(=O)C1CCN(C(=O)CCCN(c2cccc(OC)c2)S(C)(=O)=O)CC1. The van der Waals surface area contributed by atoms with Crippen molar-refractivity contribution in [3.63, 3.8) is 0 Å². The van der Waals surface area contributed by atoms with E-state index in [0.29, 0.717) is 43.8 Å². The summed E-state index contributed by atoms with van der Waals surface area (Å²) in [7, 11) is -0.593. The summed E-state index contributed by atoms with van der Waals surface area (Å²) in [5.74, 6) is 0.162. The zero-order valence-electron chi connectivity index (χ0n) is 16.6. The van der Waals surface area contributed by atoms with E-state index in [2.05, 4.69) is 0 Å². The van der Waals surface area contributed by atoms with Crippen molar-refractivity contribution in [3.8, 4) is 5.75 Å². The van der Waals surface area contributed by atoms with Crippen LogP contribution in [0.15, 0.2) is 24.3 Å². The Morgan fingerprint density at radius 1 is 1.21 bits per heavy atom. The van der Waals surface area contributed by atoms with Crippen molar-refractivity contribution in [3.05, 3.63) is 24.3 Å². The fraction of sp³-hybridized carbons (Fsp3) is 0.579. The molecule has 1 aromatic rings. The molecule has 28 heavy (non-hydrogen) atoms. The molecule has 0 bridgehead atoms. The standard InChI is InChI=1S/C19H28N2O6S/c1-26-17-7-4-6-16(14-17)21(28(3,24)25)11-5-8-18(22)20-12-9-15(10-13-20)19(23)27-2/h4,6-7,14-15H,5,8-13H2,1-3H3. The van der Waals surface area contributed by atoms with Crippen LogP contribution in [0.25, 0.3) is 0 Å². The Balaban J connectivity index is 1.90. The molecule has 9 heteroatoms. The van der Waals surface area contributed by atoms with Crippen molar-refractivity contribution in [2.75, 3.05) is 44.4 Å². The zero-order valence-corrected chi connectivity index (χ0v) is 17.4. The minimum atomic E-state index is -3.48. The molecule has 1 aliphatic rings. The number of nitrogens with zero attached hydrogens (tertiary/aromatic N) is 2. The molecule has 2 rings (SSSR count). The quantitative estimate of drug-likeness (QED) is 0.603. The van der Waals surface area contributed by atoms with Crippen LogP contribution in [0, 0.1) is 5.92 Å². The van der Waals surface area contributed by atoms with Gasteiger partial charge in [-0.05, 0) is 31.4 Å². The van der Waals surface area contributed by atoms with Gasteiger partial charge in [-0.2, -0.15) is 0 Å². The van der Waals surface area contributed by atoms with E-state index in [4.69, 9.17) is 9.47 Å². The molecule has 8 nitrogen and oxygen atoms in total. The van der Waals surface area contributed by atoms with Crippen LogP contribution < -0.4 is 9.04 Å². The lowest BCUT2D eigenvalue weighted by Crippen LogP contribution is -2.40. The second-order valence-electron chi connectivity index (χ2n) is 6.82. The predicted octanol–water partition coefficient (Wildman–Crippen LogP) is 1.65. The van der Waals surface area contributed by atoms with Crippen LogP contribution in [0.1, 0.15) is 25.7 Å². The third-order valence-electron chi connectivity index (χ3n) is 4.88. The number of likely N-dealkylation sites (tertiary alicyclic amines) is 1. The van der Waals surface area contributed by atoms with Crippen molar-refractivity contribution < 1.29 is 27.5 Å². The van der Waals surface area contributed by atoms with Crippen LogP contribution >= 0.6 is 0 Å². The van der Waals surface area contributed by atoms with Crippen molar-refractivity contribution in [1.82, 2.24) is 4.90 Å². The Kier molecular flexibility index (Phi) is 7.68. The summed E-state index contributed by atoms with van der Waals surface area (Å²) >= 11 is 0. The minimum absolute atomic E-state index is 0.0255. The van der Waals surface area contributed by atoms with Gasteiger partial charge in [0.2, 0.25) is 15.9 Å². The van der Waals surface area contributed by atoms with E-state index in [1.54, 1.807) is 29.2 Å². The smallest absolute Gasteiger partial charge is 0.308 e. The first-order valence-electron chi connectivity index (χ1n) is 9.23. The van der Waals surface area contributed by atoms with Crippen molar-refractivity contribution in [2.45, 2.75) is 25.7 Å². The lowest BCUT2D eigenvalue weighted by molar-refractivity contribution is -0.148. The first-order valence-corrected chi connectivity index (χ1v) is 11.1. The Labute approximate surface area is 166 Å². The van der Waals surface area contributed by atoms with E-state index in [-0.39, 0.29) is 30.8 Å². The van der Waals surface area contributed by atoms with E-state index >= 15 is 0 Å². The molecule has 156 valence electrons. The number of hydrogen-bond donors (Lipinski definition) is 0. The first kappa shape index (κ1) is 22.0. The summed E-state index contributed by atoms with van der Waals surface area (Å²) in [5, 5.41) is 0. The Bertz CT molecular complexity index is 787. The fourth-order valence-corrected chi connectivity index (χ4v) is 4.27. The largest absolute Gasteiger partial charge is 0.497 e. The number of hydrogen-bond acceptors (Lipinski definition) is 6. The number of ether oxygens (including phenoxy) is 2. The highest BCUT2D eigenvalue weighted by Gasteiger charge is 2.28. The van der Waals surface area contributed by atoms with Gasteiger partial charge in [0, 0.05) is 32.1 Å². The van der Waals surface area contributed by atoms with Gasteiger partial charge in [-0.3, -0.25) is 13.9 Å². The van der Waals surface area contributed by atoms with Gasteiger partial charge >= 0.3 is 5.97 Å². The number of carbonyl (C=O) groups excluding carboxylic acids is 2. The van der Waals surface area contributed by atoms with E-state index < -0.39 is 10.0 Å². The van der Waals surface area contributed by atoms with Crippen molar-refractivity contribution in [1.29, 1.82) is 0 Å². The number of benzene rings is 1. The Morgan fingerprint density at radius 2 is 1.89 bits per heavy atom. The number of anilines is 1. The van der Waals surface area contributed by atoms with Gasteiger partial charge in [-0.25, -0.2) is 8.42 Å². The van der Waals surface area contributed by atoms with Gasteiger partial charge < -0.3 is 14.4 Å². The third kappa shape index (κ3) is 5.85. The molecule has 0 spiro atoms. The van der Waals surface area contributed by atoms with Crippen LogP contribution in [0.5, 0.6) is 5.75 Å². The maximum absolute atomic E-state index is 12.4. The molecule has 0 saturated carbocycles.